The molecule has 0 saturated carbocycles. The van der Waals surface area contributed by atoms with Crippen LogP contribution in [-0.4, -0.2) is 33.8 Å². The highest BCUT2D eigenvalue weighted by atomic mass is 16.4. The molecule has 0 fully saturated rings. The molecule has 2 aromatic rings. The average Bonchev–Trinajstić information content (AvgIpc) is 2.69. The molecule has 7 nitrogen and oxygen atoms in total. The number of unbranched alkanes of at least 4 members (excludes halogenated alkanes) is 1. The molecular weight excluding hydrogens is 348 g/mol. The number of hydrogen-bond donors (Lipinski definition) is 2. The van der Waals surface area contributed by atoms with E-state index in [9.17, 15) is 19.2 Å². The molecular formula is C20H20N2O5. The van der Waals surface area contributed by atoms with E-state index >= 15 is 0 Å². The second-order valence-corrected chi connectivity index (χ2v) is 5.81. The van der Waals surface area contributed by atoms with Gasteiger partial charge >= 0.3 is 5.97 Å². The van der Waals surface area contributed by atoms with E-state index in [1.165, 1.54) is 0 Å². The molecule has 27 heavy (non-hydrogen) atoms. The number of carboxylic acid groups (broad SMARTS) is 1. The van der Waals surface area contributed by atoms with Gasteiger partial charge in [0.05, 0.1) is 0 Å². The topological polar surface area (TPSA) is 104 Å². The van der Waals surface area contributed by atoms with Gasteiger partial charge in [-0.2, -0.15) is 5.01 Å². The van der Waals surface area contributed by atoms with Crippen molar-refractivity contribution in [3.05, 3.63) is 71.8 Å². The van der Waals surface area contributed by atoms with E-state index in [0.717, 1.165) is 0 Å². The number of carbonyl (C=O) groups is 4. The molecule has 3 amide bonds. The van der Waals surface area contributed by atoms with E-state index in [1.54, 1.807) is 60.7 Å². The molecule has 0 atom stereocenters. The Kier molecular flexibility index (Phi) is 7.25. The SMILES string of the molecule is O=C(O)CCCCC(=O)N(NC(=O)c1ccccc1)C(=O)c1ccccc1. The Bertz CT molecular complexity index is 806. The van der Waals surface area contributed by atoms with Crippen LogP contribution in [0.1, 0.15) is 46.4 Å². The van der Waals surface area contributed by atoms with Gasteiger partial charge in [0.15, 0.2) is 0 Å². The van der Waals surface area contributed by atoms with Crippen LogP contribution >= 0.6 is 0 Å². The maximum atomic E-state index is 12.7. The smallest absolute Gasteiger partial charge is 0.303 e. The number of carboxylic acids is 1. The molecule has 0 bridgehead atoms. The summed E-state index contributed by atoms with van der Waals surface area (Å²) in [5.41, 5.74) is 2.92. The number of imide groups is 1. The van der Waals surface area contributed by atoms with E-state index in [0.29, 0.717) is 23.4 Å². The summed E-state index contributed by atoms with van der Waals surface area (Å²) in [5.74, 6) is -2.78. The zero-order valence-electron chi connectivity index (χ0n) is 14.6. The second kappa shape index (κ2) is 9.86. The van der Waals surface area contributed by atoms with Crippen molar-refractivity contribution in [1.82, 2.24) is 10.4 Å². The first-order valence-electron chi connectivity index (χ1n) is 8.49. The number of hydrogen-bond acceptors (Lipinski definition) is 4. The molecule has 0 aliphatic carbocycles. The van der Waals surface area contributed by atoms with Crippen LogP contribution in [0.25, 0.3) is 0 Å². The molecule has 0 heterocycles. The molecule has 0 radical (unpaired) electrons. The quantitative estimate of drug-likeness (QED) is 0.578. The maximum Gasteiger partial charge on any atom is 0.303 e. The van der Waals surface area contributed by atoms with E-state index in [1.807, 2.05) is 0 Å². The van der Waals surface area contributed by atoms with Crippen molar-refractivity contribution in [3.63, 3.8) is 0 Å². The molecule has 0 saturated heterocycles. The maximum absolute atomic E-state index is 12.7. The van der Waals surface area contributed by atoms with Gasteiger partial charge in [0, 0.05) is 24.0 Å². The highest BCUT2D eigenvalue weighted by Gasteiger charge is 2.25. The number of aliphatic carboxylic acids is 1. The molecule has 0 unspecified atom stereocenters. The molecule has 2 aromatic carbocycles. The molecule has 0 aliphatic heterocycles. The van der Waals surface area contributed by atoms with E-state index < -0.39 is 23.7 Å². The predicted octanol–water partition coefficient (Wildman–Crippen LogP) is 2.65. The van der Waals surface area contributed by atoms with Gasteiger partial charge in [0.25, 0.3) is 11.8 Å². The van der Waals surface area contributed by atoms with Crippen molar-refractivity contribution >= 4 is 23.7 Å². The van der Waals surface area contributed by atoms with Gasteiger partial charge in [-0.25, -0.2) is 0 Å². The normalized spacial score (nSPS) is 10.1. The lowest BCUT2D eigenvalue weighted by Crippen LogP contribution is -2.49. The summed E-state index contributed by atoms with van der Waals surface area (Å²) in [6.07, 6.45) is 0.489. The molecule has 2 N–H and O–H groups in total. The largest absolute Gasteiger partial charge is 0.481 e. The second-order valence-electron chi connectivity index (χ2n) is 5.81. The fourth-order valence-electron chi connectivity index (χ4n) is 2.36. The number of rotatable bonds is 7. The Balaban J connectivity index is 2.12. The van der Waals surface area contributed by atoms with Gasteiger partial charge in [0.2, 0.25) is 5.91 Å². The molecule has 140 valence electrons. The number of hydrazine groups is 1. The minimum absolute atomic E-state index is 0.0546. The van der Waals surface area contributed by atoms with Gasteiger partial charge in [-0.15, -0.1) is 0 Å². The first-order valence-corrected chi connectivity index (χ1v) is 8.49. The molecule has 0 spiro atoms. The van der Waals surface area contributed by atoms with Crippen LogP contribution in [-0.2, 0) is 9.59 Å². The number of nitrogens with one attached hydrogen (secondary N) is 1. The van der Waals surface area contributed by atoms with Crippen LogP contribution in [0.15, 0.2) is 60.7 Å². The standard InChI is InChI=1S/C20H20N2O5/c23-17(13-7-8-14-18(24)25)22(20(27)16-11-5-2-6-12-16)21-19(26)15-9-3-1-4-10-15/h1-6,9-12H,7-8,13-14H2,(H,21,26)(H,24,25). The fourth-order valence-corrected chi connectivity index (χ4v) is 2.36. The van der Waals surface area contributed by atoms with Crippen LogP contribution < -0.4 is 5.43 Å². The van der Waals surface area contributed by atoms with Crippen molar-refractivity contribution in [1.29, 1.82) is 0 Å². The average molecular weight is 368 g/mol. The van der Waals surface area contributed by atoms with Crippen molar-refractivity contribution in [2.45, 2.75) is 25.7 Å². The van der Waals surface area contributed by atoms with Crippen LogP contribution in [0, 0.1) is 0 Å². The zero-order chi connectivity index (χ0) is 19.6. The lowest BCUT2D eigenvalue weighted by Gasteiger charge is -2.21. The molecule has 0 aromatic heterocycles. The Hall–Kier alpha value is -3.48. The Morgan fingerprint density at radius 1 is 0.778 bits per heavy atom. The number of amides is 3. The summed E-state index contributed by atoms with van der Waals surface area (Å²) in [6.45, 7) is 0. The van der Waals surface area contributed by atoms with Crippen molar-refractivity contribution in [2.75, 3.05) is 0 Å². The zero-order valence-corrected chi connectivity index (χ0v) is 14.6. The highest BCUT2D eigenvalue weighted by Crippen LogP contribution is 2.09. The van der Waals surface area contributed by atoms with Gasteiger partial charge < -0.3 is 5.11 Å². The summed E-state index contributed by atoms with van der Waals surface area (Å²) >= 11 is 0. The van der Waals surface area contributed by atoms with Crippen LogP contribution in [0.2, 0.25) is 0 Å². The summed E-state index contributed by atoms with van der Waals surface area (Å²) < 4.78 is 0. The van der Waals surface area contributed by atoms with E-state index in [-0.39, 0.29) is 18.4 Å². The molecule has 0 aliphatic rings. The van der Waals surface area contributed by atoms with E-state index in [2.05, 4.69) is 5.43 Å². The molecule has 7 heteroatoms. The van der Waals surface area contributed by atoms with Gasteiger partial charge in [-0.3, -0.25) is 24.6 Å². The Morgan fingerprint density at radius 3 is 1.85 bits per heavy atom. The summed E-state index contributed by atoms with van der Waals surface area (Å²) in [5, 5.41) is 9.36. The lowest BCUT2D eigenvalue weighted by molar-refractivity contribution is -0.137. The van der Waals surface area contributed by atoms with Crippen molar-refractivity contribution in [2.24, 2.45) is 0 Å². The van der Waals surface area contributed by atoms with Crippen LogP contribution in [0.3, 0.4) is 0 Å². The molecule has 2 rings (SSSR count). The number of carbonyl (C=O) groups excluding carboxylic acids is 3. The van der Waals surface area contributed by atoms with Gasteiger partial charge in [-0.1, -0.05) is 36.4 Å². The summed E-state index contributed by atoms with van der Waals surface area (Å²) in [6, 6.07) is 16.4. The minimum Gasteiger partial charge on any atom is -0.481 e. The van der Waals surface area contributed by atoms with Crippen molar-refractivity contribution in [3.8, 4) is 0 Å². The third-order valence-electron chi connectivity index (χ3n) is 3.75. The monoisotopic (exact) mass is 368 g/mol. The van der Waals surface area contributed by atoms with Crippen LogP contribution in [0.5, 0.6) is 0 Å². The Morgan fingerprint density at radius 2 is 1.30 bits per heavy atom. The lowest BCUT2D eigenvalue weighted by atomic mass is 10.1. The van der Waals surface area contributed by atoms with Crippen molar-refractivity contribution < 1.29 is 24.3 Å². The Labute approximate surface area is 156 Å². The third kappa shape index (κ3) is 6.07. The van der Waals surface area contributed by atoms with E-state index in [4.69, 9.17) is 5.11 Å². The summed E-state index contributed by atoms with van der Waals surface area (Å²) in [7, 11) is 0. The van der Waals surface area contributed by atoms with Gasteiger partial charge in [0.1, 0.15) is 0 Å². The first-order chi connectivity index (χ1) is 13.0. The number of nitrogens with zero attached hydrogens (tertiary/aromatic N) is 1. The number of benzene rings is 2. The fraction of sp³-hybridized carbons (Fsp3) is 0.200. The summed E-state index contributed by atoms with van der Waals surface area (Å²) in [4.78, 5) is 48.1. The third-order valence-corrected chi connectivity index (χ3v) is 3.75. The van der Waals surface area contributed by atoms with Crippen LogP contribution in [0.4, 0.5) is 0 Å². The predicted molar refractivity (Wildman–Crippen MR) is 97.6 cm³/mol. The highest BCUT2D eigenvalue weighted by molar-refractivity contribution is 6.07. The first kappa shape index (κ1) is 19.8. The minimum atomic E-state index is -0.947. The van der Waals surface area contributed by atoms with Gasteiger partial charge in [-0.05, 0) is 37.1 Å².